The second-order valence-corrected chi connectivity index (χ2v) is 8.26. The Kier molecular flexibility index (Phi) is 5.88. The lowest BCUT2D eigenvalue weighted by Crippen LogP contribution is -2.27. The lowest BCUT2D eigenvalue weighted by molar-refractivity contribution is -0.128. The van der Waals surface area contributed by atoms with Crippen LogP contribution < -0.4 is 5.32 Å². The zero-order valence-corrected chi connectivity index (χ0v) is 17.1. The summed E-state index contributed by atoms with van der Waals surface area (Å²) in [6.45, 7) is 0.580. The number of nitrogens with zero attached hydrogens (tertiary/aromatic N) is 1. The Morgan fingerprint density at radius 3 is 2.38 bits per heavy atom. The van der Waals surface area contributed by atoms with Crippen LogP contribution in [-0.4, -0.2) is 22.5 Å². The van der Waals surface area contributed by atoms with Crippen LogP contribution in [0.2, 0.25) is 5.02 Å². The molecule has 3 aromatic rings. The third kappa shape index (κ3) is 4.63. The number of halogens is 1. The van der Waals surface area contributed by atoms with Crippen molar-refractivity contribution in [1.29, 1.82) is 0 Å². The van der Waals surface area contributed by atoms with Gasteiger partial charge in [-0.3, -0.25) is 9.59 Å². The molecule has 1 aliphatic rings. The summed E-state index contributed by atoms with van der Waals surface area (Å²) in [7, 11) is 0. The molecule has 1 saturated heterocycles. The molecule has 4 nitrogen and oxygen atoms in total. The average Bonchev–Trinajstić information content (AvgIpc) is 3.11. The molecule has 0 bridgehead atoms. The minimum absolute atomic E-state index is 0.0453. The zero-order chi connectivity index (χ0) is 20.2. The van der Waals surface area contributed by atoms with E-state index in [1.54, 1.807) is 48.2 Å². The highest BCUT2D eigenvalue weighted by Crippen LogP contribution is 2.39. The maximum absolute atomic E-state index is 12.5. The molecule has 6 heteroatoms. The van der Waals surface area contributed by atoms with Gasteiger partial charge in [-0.05, 0) is 47.5 Å². The van der Waals surface area contributed by atoms with E-state index in [0.717, 1.165) is 11.1 Å². The van der Waals surface area contributed by atoms with Crippen LogP contribution in [0.25, 0.3) is 0 Å². The number of rotatable bonds is 5. The predicted octanol–water partition coefficient (Wildman–Crippen LogP) is 5.37. The first-order valence-electron chi connectivity index (χ1n) is 9.22. The molecule has 0 saturated carbocycles. The van der Waals surface area contributed by atoms with Crippen molar-refractivity contribution < 1.29 is 9.59 Å². The molecule has 0 radical (unpaired) electrons. The van der Waals surface area contributed by atoms with Crippen molar-refractivity contribution in [2.75, 3.05) is 11.1 Å². The Morgan fingerprint density at radius 1 is 1.00 bits per heavy atom. The molecule has 0 aromatic heterocycles. The topological polar surface area (TPSA) is 49.4 Å². The maximum Gasteiger partial charge on any atom is 0.255 e. The van der Waals surface area contributed by atoms with E-state index in [0.29, 0.717) is 28.6 Å². The van der Waals surface area contributed by atoms with Crippen LogP contribution in [0.15, 0.2) is 78.9 Å². The third-order valence-electron chi connectivity index (χ3n) is 4.72. The first-order chi connectivity index (χ1) is 14.1. The Morgan fingerprint density at radius 2 is 1.69 bits per heavy atom. The Balaban J connectivity index is 1.47. The van der Waals surface area contributed by atoms with E-state index in [1.165, 1.54) is 0 Å². The second-order valence-electron chi connectivity index (χ2n) is 6.75. The molecule has 4 rings (SSSR count). The Bertz CT molecular complexity index is 1010. The van der Waals surface area contributed by atoms with Gasteiger partial charge in [0.05, 0.1) is 5.75 Å². The fraction of sp³-hybridized carbons (Fsp3) is 0.130. The number of carbonyl (C=O) groups is 2. The second kappa shape index (κ2) is 8.72. The molecule has 1 aliphatic heterocycles. The van der Waals surface area contributed by atoms with Crippen molar-refractivity contribution in [3.05, 3.63) is 101 Å². The molecule has 1 fully saturated rings. The van der Waals surface area contributed by atoms with Crippen molar-refractivity contribution in [3.8, 4) is 0 Å². The fourth-order valence-corrected chi connectivity index (χ4v) is 4.53. The highest BCUT2D eigenvalue weighted by Gasteiger charge is 2.32. The van der Waals surface area contributed by atoms with Crippen molar-refractivity contribution in [3.63, 3.8) is 0 Å². The van der Waals surface area contributed by atoms with Crippen LogP contribution in [0.4, 0.5) is 5.69 Å². The van der Waals surface area contributed by atoms with Crippen molar-refractivity contribution in [2.24, 2.45) is 0 Å². The molecular formula is C23H19ClN2O2S. The summed E-state index contributed by atoms with van der Waals surface area (Å²) < 4.78 is 0. The lowest BCUT2D eigenvalue weighted by Gasteiger charge is -2.24. The van der Waals surface area contributed by atoms with Crippen molar-refractivity contribution >= 4 is 40.9 Å². The van der Waals surface area contributed by atoms with Gasteiger partial charge in [0.2, 0.25) is 5.91 Å². The normalized spacial score (nSPS) is 16.1. The number of carbonyl (C=O) groups excluding carboxylic acids is 2. The standard InChI is InChI=1S/C23H19ClN2O2S/c24-19-10-12-20(13-11-19)25-22(28)17-6-8-18(9-7-17)23-26(21(27)15-29-23)14-16-4-2-1-3-5-16/h1-13,23H,14-15H2,(H,25,28)/t23-/m0/s1. The maximum atomic E-state index is 12.5. The highest BCUT2D eigenvalue weighted by molar-refractivity contribution is 8.00. The van der Waals surface area contributed by atoms with E-state index < -0.39 is 0 Å². The predicted molar refractivity (Wildman–Crippen MR) is 118 cm³/mol. The van der Waals surface area contributed by atoms with Crippen LogP contribution >= 0.6 is 23.4 Å². The Labute approximate surface area is 178 Å². The van der Waals surface area contributed by atoms with E-state index in [4.69, 9.17) is 11.6 Å². The van der Waals surface area contributed by atoms with Gasteiger partial charge in [-0.25, -0.2) is 0 Å². The fourth-order valence-electron chi connectivity index (χ4n) is 3.22. The number of thioether (sulfide) groups is 1. The largest absolute Gasteiger partial charge is 0.322 e. The number of anilines is 1. The molecule has 0 aliphatic carbocycles. The number of benzene rings is 3. The van der Waals surface area contributed by atoms with Crippen molar-refractivity contribution in [1.82, 2.24) is 4.90 Å². The summed E-state index contributed by atoms with van der Waals surface area (Å²) in [5, 5.41) is 3.43. The van der Waals surface area contributed by atoms with E-state index >= 15 is 0 Å². The average molecular weight is 423 g/mol. The molecule has 29 heavy (non-hydrogen) atoms. The highest BCUT2D eigenvalue weighted by atomic mass is 35.5. The molecule has 1 atom stereocenters. The number of hydrogen-bond acceptors (Lipinski definition) is 3. The van der Waals surface area contributed by atoms with Gasteiger partial charge >= 0.3 is 0 Å². The van der Waals surface area contributed by atoms with E-state index in [9.17, 15) is 9.59 Å². The van der Waals surface area contributed by atoms with Gasteiger partial charge in [0.1, 0.15) is 5.37 Å². The molecule has 0 unspecified atom stereocenters. The number of nitrogens with one attached hydrogen (secondary N) is 1. The number of amides is 2. The molecule has 146 valence electrons. The van der Waals surface area contributed by atoms with Gasteiger partial charge in [-0.2, -0.15) is 0 Å². The quantitative estimate of drug-likeness (QED) is 0.601. The summed E-state index contributed by atoms with van der Waals surface area (Å²) in [5.41, 5.74) is 3.37. The lowest BCUT2D eigenvalue weighted by atomic mass is 10.1. The van der Waals surface area contributed by atoms with Gasteiger partial charge in [0.15, 0.2) is 0 Å². The van der Waals surface area contributed by atoms with Crippen LogP contribution in [0.1, 0.15) is 26.9 Å². The van der Waals surface area contributed by atoms with Gasteiger partial charge in [-0.15, -0.1) is 11.8 Å². The SMILES string of the molecule is O=C(Nc1ccc(Cl)cc1)c1ccc([C@@H]2SCC(=O)N2Cc2ccccc2)cc1. The zero-order valence-electron chi connectivity index (χ0n) is 15.5. The van der Waals surface area contributed by atoms with E-state index in [2.05, 4.69) is 5.32 Å². The molecular weight excluding hydrogens is 404 g/mol. The van der Waals surface area contributed by atoms with Crippen molar-refractivity contribution in [2.45, 2.75) is 11.9 Å². The summed E-state index contributed by atoms with van der Waals surface area (Å²) in [4.78, 5) is 26.8. The summed E-state index contributed by atoms with van der Waals surface area (Å²) in [6, 6.07) is 24.4. The first kappa shape index (κ1) is 19.6. The summed E-state index contributed by atoms with van der Waals surface area (Å²) in [5.74, 6) is 0.416. The van der Waals surface area contributed by atoms with Gasteiger partial charge in [0.25, 0.3) is 5.91 Å². The molecule has 1 heterocycles. The summed E-state index contributed by atoms with van der Waals surface area (Å²) in [6.07, 6.45) is 0. The summed E-state index contributed by atoms with van der Waals surface area (Å²) >= 11 is 7.49. The van der Waals surface area contributed by atoms with Crippen LogP contribution in [-0.2, 0) is 11.3 Å². The van der Waals surface area contributed by atoms with Gasteiger partial charge in [0, 0.05) is 22.8 Å². The molecule has 1 N–H and O–H groups in total. The van der Waals surface area contributed by atoms with E-state index in [1.807, 2.05) is 47.4 Å². The minimum atomic E-state index is -0.185. The molecule has 2 amide bonds. The third-order valence-corrected chi connectivity index (χ3v) is 6.23. The smallest absolute Gasteiger partial charge is 0.255 e. The first-order valence-corrected chi connectivity index (χ1v) is 10.6. The van der Waals surface area contributed by atoms with Crippen LogP contribution in [0.3, 0.4) is 0 Å². The van der Waals surface area contributed by atoms with E-state index in [-0.39, 0.29) is 17.2 Å². The monoisotopic (exact) mass is 422 g/mol. The van der Waals surface area contributed by atoms with Crippen LogP contribution in [0, 0.1) is 0 Å². The Hall–Kier alpha value is -2.76. The molecule has 3 aromatic carbocycles. The van der Waals surface area contributed by atoms with Crippen LogP contribution in [0.5, 0.6) is 0 Å². The minimum Gasteiger partial charge on any atom is -0.322 e. The number of hydrogen-bond donors (Lipinski definition) is 1. The molecule has 0 spiro atoms. The van der Waals surface area contributed by atoms with Gasteiger partial charge in [-0.1, -0.05) is 54.1 Å². The van der Waals surface area contributed by atoms with Gasteiger partial charge < -0.3 is 10.2 Å².